The minimum absolute atomic E-state index is 0.190. The van der Waals surface area contributed by atoms with Gasteiger partial charge in [-0.3, -0.25) is 4.79 Å². The lowest BCUT2D eigenvalue weighted by Gasteiger charge is -2.33. The Hall–Kier alpha value is -2.98. The third kappa shape index (κ3) is 4.71. The quantitative estimate of drug-likeness (QED) is 0.495. The highest BCUT2D eigenvalue weighted by molar-refractivity contribution is 5.88. The molecule has 2 unspecified atom stereocenters. The number of β-amino-alcohol motifs (C(OH)–C–C–N with tert-alkyl or cyclic N) is 1. The number of piperidine rings is 1. The van der Waals surface area contributed by atoms with E-state index in [1.54, 1.807) is 10.8 Å². The van der Waals surface area contributed by atoms with E-state index in [9.17, 15) is 9.90 Å². The molecule has 3 aliphatic rings. The van der Waals surface area contributed by atoms with E-state index in [-0.39, 0.29) is 5.78 Å². The van der Waals surface area contributed by atoms with Crippen LogP contribution in [-0.2, 0) is 4.79 Å². The molecule has 3 aromatic heterocycles. The van der Waals surface area contributed by atoms with Gasteiger partial charge in [-0.05, 0) is 64.1 Å². The van der Waals surface area contributed by atoms with Gasteiger partial charge in [0.1, 0.15) is 11.3 Å². The Morgan fingerprint density at radius 1 is 1.25 bits per heavy atom. The van der Waals surface area contributed by atoms with Gasteiger partial charge in [0.15, 0.2) is 11.6 Å². The van der Waals surface area contributed by atoms with Crippen LogP contribution in [0, 0.1) is 5.92 Å². The Bertz CT molecular complexity index is 1230. The molecule has 2 N–H and O–H groups in total. The molecule has 1 aliphatic carbocycles. The van der Waals surface area contributed by atoms with E-state index >= 15 is 0 Å². The summed E-state index contributed by atoms with van der Waals surface area (Å²) in [6, 6.07) is 4.51. The summed E-state index contributed by atoms with van der Waals surface area (Å²) in [6.45, 7) is 6.75. The van der Waals surface area contributed by atoms with Crippen LogP contribution in [0.25, 0.3) is 5.52 Å². The molecule has 192 valence electrons. The fourth-order valence-corrected chi connectivity index (χ4v) is 5.74. The van der Waals surface area contributed by atoms with Crippen LogP contribution in [0.3, 0.4) is 0 Å². The number of Topliss-reactive ketones (excluding diaryl/α,β-unsaturated/α-hetero) is 1. The van der Waals surface area contributed by atoms with E-state index in [1.807, 2.05) is 34.0 Å². The highest BCUT2D eigenvalue weighted by Gasteiger charge is 2.40. The van der Waals surface area contributed by atoms with Crippen LogP contribution in [0.15, 0.2) is 30.9 Å². The first-order valence-corrected chi connectivity index (χ1v) is 13.3. The molecule has 2 aliphatic heterocycles. The number of rotatable bonds is 8. The van der Waals surface area contributed by atoms with Crippen LogP contribution in [-0.4, -0.2) is 77.8 Å². The fourth-order valence-electron chi connectivity index (χ4n) is 5.74. The van der Waals surface area contributed by atoms with Gasteiger partial charge in [-0.2, -0.15) is 4.98 Å². The molecule has 0 aromatic carbocycles. The highest BCUT2D eigenvalue weighted by Crippen LogP contribution is 2.33. The number of aliphatic hydroxyl groups is 1. The molecule has 0 radical (unpaired) electrons. The van der Waals surface area contributed by atoms with E-state index in [1.165, 1.54) is 25.8 Å². The average molecular weight is 493 g/mol. The third-order valence-corrected chi connectivity index (χ3v) is 7.84. The molecule has 3 atom stereocenters. The molecule has 3 aromatic rings. The lowest BCUT2D eigenvalue weighted by atomic mass is 9.90. The minimum Gasteiger partial charge on any atom is -0.391 e. The summed E-state index contributed by atoms with van der Waals surface area (Å²) in [6.07, 6.45) is 10.9. The average Bonchev–Trinajstić information content (AvgIpc) is 3.23. The number of anilines is 3. The number of aromatic nitrogens is 5. The zero-order chi connectivity index (χ0) is 24.8. The molecule has 6 rings (SSSR count). The van der Waals surface area contributed by atoms with Gasteiger partial charge in [0.2, 0.25) is 5.95 Å². The van der Waals surface area contributed by atoms with E-state index < -0.39 is 12.1 Å². The van der Waals surface area contributed by atoms with Crippen molar-refractivity contribution in [3.63, 3.8) is 0 Å². The predicted molar refractivity (Wildman–Crippen MR) is 138 cm³/mol. The van der Waals surface area contributed by atoms with Crippen LogP contribution in [0.4, 0.5) is 17.6 Å². The van der Waals surface area contributed by atoms with Crippen molar-refractivity contribution in [3.8, 4) is 0 Å². The van der Waals surface area contributed by atoms with Crippen LogP contribution < -0.4 is 10.2 Å². The molecule has 10 nitrogen and oxygen atoms in total. The molecule has 10 heteroatoms. The Labute approximate surface area is 211 Å². The summed E-state index contributed by atoms with van der Waals surface area (Å²) >= 11 is 0. The van der Waals surface area contributed by atoms with Gasteiger partial charge in [0.05, 0.1) is 18.5 Å². The number of aliphatic hydroxyl groups excluding tert-OH is 1. The molecule has 2 saturated heterocycles. The van der Waals surface area contributed by atoms with Gasteiger partial charge in [0.25, 0.3) is 0 Å². The zero-order valence-corrected chi connectivity index (χ0v) is 21.1. The second-order valence-corrected chi connectivity index (χ2v) is 11.0. The van der Waals surface area contributed by atoms with E-state index in [0.717, 1.165) is 24.5 Å². The van der Waals surface area contributed by atoms with Crippen molar-refractivity contribution >= 4 is 28.9 Å². The van der Waals surface area contributed by atoms with Crippen molar-refractivity contribution in [2.24, 2.45) is 5.92 Å². The number of nitrogens with one attached hydrogen (secondary N) is 1. The van der Waals surface area contributed by atoms with Crippen LogP contribution in [0.5, 0.6) is 0 Å². The molecule has 3 fully saturated rings. The summed E-state index contributed by atoms with van der Waals surface area (Å²) in [4.78, 5) is 27.3. The first kappa shape index (κ1) is 23.4. The van der Waals surface area contributed by atoms with Gasteiger partial charge < -0.3 is 24.8 Å². The smallest absolute Gasteiger partial charge is 0.246 e. The van der Waals surface area contributed by atoms with Gasteiger partial charge in [0, 0.05) is 50.4 Å². The Balaban J connectivity index is 1.23. The van der Waals surface area contributed by atoms with Crippen molar-refractivity contribution < 1.29 is 9.90 Å². The highest BCUT2D eigenvalue weighted by atomic mass is 16.3. The normalized spacial score (nSPS) is 25.2. The molecule has 0 spiro atoms. The summed E-state index contributed by atoms with van der Waals surface area (Å²) in [5.74, 6) is 2.35. The maximum atomic E-state index is 13.5. The van der Waals surface area contributed by atoms with Crippen LogP contribution >= 0.6 is 0 Å². The van der Waals surface area contributed by atoms with Gasteiger partial charge in [-0.25, -0.2) is 9.50 Å². The Morgan fingerprint density at radius 3 is 2.89 bits per heavy atom. The number of fused-ring (bicyclic) bond motifs is 1. The van der Waals surface area contributed by atoms with Crippen molar-refractivity contribution in [2.75, 3.05) is 29.9 Å². The molecule has 0 bridgehead atoms. The number of likely N-dealkylation sites (tertiary alicyclic amines) is 1. The fraction of sp³-hybridized carbons (Fsp3) is 0.615. The molecular weight excluding hydrogens is 456 g/mol. The summed E-state index contributed by atoms with van der Waals surface area (Å²) in [5, 5.41) is 18.6. The molecule has 36 heavy (non-hydrogen) atoms. The first-order chi connectivity index (χ1) is 17.4. The van der Waals surface area contributed by atoms with Gasteiger partial charge >= 0.3 is 0 Å². The van der Waals surface area contributed by atoms with Gasteiger partial charge in [-0.1, -0.05) is 0 Å². The topological polar surface area (TPSA) is 104 Å². The summed E-state index contributed by atoms with van der Waals surface area (Å²) in [7, 11) is 0. The van der Waals surface area contributed by atoms with E-state index in [0.29, 0.717) is 48.9 Å². The first-order valence-electron chi connectivity index (χ1n) is 13.3. The lowest BCUT2D eigenvalue weighted by Crippen LogP contribution is -2.41. The summed E-state index contributed by atoms with van der Waals surface area (Å²) < 4.78 is 3.80. The third-order valence-electron chi connectivity index (χ3n) is 7.84. The second-order valence-electron chi connectivity index (χ2n) is 11.0. The number of hydrogen-bond acceptors (Lipinski definition) is 8. The maximum absolute atomic E-state index is 13.5. The monoisotopic (exact) mass is 492 g/mol. The number of nitrogens with zero attached hydrogens (tertiary/aromatic N) is 7. The number of carbonyl (C=O) groups excluding carboxylic acids is 1. The molecular formula is C26H36N8O2. The SMILES string of the molecule is CC(C)n1cnc(Nc2nc(N3C[C@@H](O)CC3C(=O)CC3CCCN(C4CC4)C3)nn3cccc23)c1. The Kier molecular flexibility index (Phi) is 6.17. The van der Waals surface area contributed by atoms with Crippen LogP contribution in [0.2, 0.25) is 0 Å². The minimum atomic E-state index is -0.574. The van der Waals surface area contributed by atoms with Crippen molar-refractivity contribution in [1.82, 2.24) is 29.0 Å². The van der Waals surface area contributed by atoms with Gasteiger partial charge in [-0.15, -0.1) is 5.10 Å². The van der Waals surface area contributed by atoms with E-state index in [2.05, 4.69) is 29.0 Å². The number of ketones is 1. The molecule has 1 saturated carbocycles. The van der Waals surface area contributed by atoms with Crippen molar-refractivity contribution in [3.05, 3.63) is 30.9 Å². The number of carbonyl (C=O) groups is 1. The predicted octanol–water partition coefficient (Wildman–Crippen LogP) is 3.02. The second kappa shape index (κ2) is 9.48. The Morgan fingerprint density at radius 2 is 2.11 bits per heavy atom. The maximum Gasteiger partial charge on any atom is 0.246 e. The lowest BCUT2D eigenvalue weighted by molar-refractivity contribution is -0.121. The number of hydrogen-bond donors (Lipinski definition) is 2. The zero-order valence-electron chi connectivity index (χ0n) is 21.1. The largest absolute Gasteiger partial charge is 0.391 e. The van der Waals surface area contributed by atoms with Crippen LogP contribution in [0.1, 0.15) is 58.4 Å². The van der Waals surface area contributed by atoms with Crippen molar-refractivity contribution in [2.45, 2.75) is 76.6 Å². The number of imidazole rings is 1. The molecule has 5 heterocycles. The van der Waals surface area contributed by atoms with Crippen molar-refractivity contribution in [1.29, 1.82) is 0 Å². The standard InChI is InChI=1S/C26H36N8O2/c1-17(2)32-15-24(27-16-32)28-25-21-6-4-10-34(21)30-26(29-25)33-14-20(35)12-22(33)23(36)11-18-5-3-9-31(13-18)19-7-8-19/h4,6,10,15-20,22,35H,3,5,7-9,11-14H2,1-2H3,(H,28,29,30)/t18?,20-,22?/m0/s1. The molecule has 0 amide bonds. The summed E-state index contributed by atoms with van der Waals surface area (Å²) in [5.41, 5.74) is 0.822. The van der Waals surface area contributed by atoms with E-state index in [4.69, 9.17) is 10.1 Å².